The molecule has 5 heteroatoms. The molecule has 0 heterocycles. The normalized spacial score (nSPS) is 14.9. The zero-order valence-corrected chi connectivity index (χ0v) is 24.5. The molecule has 3 aromatic carbocycles. The maximum absolute atomic E-state index is 12.5. The average Bonchev–Trinajstić information content (AvgIpc) is 2.91. The van der Waals surface area contributed by atoms with Gasteiger partial charge in [-0.25, -0.2) is 0 Å². The van der Waals surface area contributed by atoms with Crippen LogP contribution >= 0.6 is 0 Å². The van der Waals surface area contributed by atoms with E-state index in [1.165, 1.54) is 47.1 Å². The highest BCUT2D eigenvalue weighted by Crippen LogP contribution is 2.40. The molecular formula is C35H43NO4. The van der Waals surface area contributed by atoms with Crippen molar-refractivity contribution in [1.29, 1.82) is 0 Å². The Labute approximate surface area is 239 Å². The largest absolute Gasteiger partial charge is 0.485 e. The van der Waals surface area contributed by atoms with Crippen molar-refractivity contribution in [3.05, 3.63) is 88.5 Å². The van der Waals surface area contributed by atoms with Crippen LogP contribution in [0.4, 0.5) is 0 Å². The molecule has 0 aliphatic heterocycles. The van der Waals surface area contributed by atoms with Crippen molar-refractivity contribution in [3.8, 4) is 16.9 Å². The minimum atomic E-state index is -0.930. The molecule has 1 aliphatic carbocycles. The highest BCUT2D eigenvalue weighted by Gasteiger charge is 2.27. The molecule has 0 aromatic heterocycles. The van der Waals surface area contributed by atoms with Crippen molar-refractivity contribution in [2.24, 2.45) is 5.92 Å². The second-order valence-corrected chi connectivity index (χ2v) is 12.2. The first-order valence-electron chi connectivity index (χ1n) is 14.5. The molecule has 1 fully saturated rings. The number of benzene rings is 3. The van der Waals surface area contributed by atoms with Crippen molar-refractivity contribution < 1.29 is 19.4 Å². The Hall–Kier alpha value is -3.60. The lowest BCUT2D eigenvalue weighted by Gasteiger charge is -2.31. The van der Waals surface area contributed by atoms with Crippen molar-refractivity contribution >= 4 is 11.9 Å². The summed E-state index contributed by atoms with van der Waals surface area (Å²) >= 11 is 0. The Morgan fingerprint density at radius 3 is 2.08 bits per heavy atom. The van der Waals surface area contributed by atoms with Crippen LogP contribution < -0.4 is 10.1 Å². The highest BCUT2D eigenvalue weighted by atomic mass is 16.5. The van der Waals surface area contributed by atoms with Gasteiger partial charge in [-0.15, -0.1) is 0 Å². The molecule has 4 rings (SSSR count). The summed E-state index contributed by atoms with van der Waals surface area (Å²) in [5.41, 5.74) is 7.87. The van der Waals surface area contributed by atoms with Crippen LogP contribution in [0.1, 0.15) is 98.0 Å². The number of hydrogen-bond acceptors (Lipinski definition) is 3. The number of rotatable bonds is 9. The minimum Gasteiger partial charge on any atom is -0.485 e. The van der Waals surface area contributed by atoms with Gasteiger partial charge in [0.2, 0.25) is 0 Å². The smallest absolute Gasteiger partial charge is 0.305 e. The molecule has 0 spiro atoms. The van der Waals surface area contributed by atoms with Gasteiger partial charge in [-0.05, 0) is 89.8 Å². The third-order valence-electron chi connectivity index (χ3n) is 8.01. The summed E-state index contributed by atoms with van der Waals surface area (Å²) in [6.07, 6.45) is 5.73. The fourth-order valence-corrected chi connectivity index (χ4v) is 5.81. The number of aryl methyl sites for hydroxylation is 2. The van der Waals surface area contributed by atoms with Crippen LogP contribution in [0.25, 0.3) is 11.1 Å². The van der Waals surface area contributed by atoms with Gasteiger partial charge in [0.15, 0.2) is 0 Å². The predicted molar refractivity (Wildman–Crippen MR) is 161 cm³/mol. The second-order valence-electron chi connectivity index (χ2n) is 12.2. The van der Waals surface area contributed by atoms with Crippen LogP contribution in [0.5, 0.6) is 5.75 Å². The topological polar surface area (TPSA) is 75.6 Å². The van der Waals surface area contributed by atoms with E-state index in [1.807, 2.05) is 24.3 Å². The molecule has 1 saturated carbocycles. The quantitative estimate of drug-likeness (QED) is 0.286. The lowest BCUT2D eigenvalue weighted by Crippen LogP contribution is -2.26. The standard InChI is InChI=1S/C35H43NO4/c1-23-21-30(22-24(2)32(23)25-15-17-29(18-16-25)35(3,4)5)40-33(26-9-7-6-8-10-26)27-11-13-28(14-12-27)34(39)36-20-19-31(37)38/h11-18,21-22,26,33H,6-10,19-20H2,1-5H3,(H,36,39)(H,37,38). The molecule has 0 bridgehead atoms. The first-order valence-corrected chi connectivity index (χ1v) is 14.5. The van der Waals surface area contributed by atoms with Gasteiger partial charge in [0.05, 0.1) is 6.42 Å². The zero-order valence-electron chi connectivity index (χ0n) is 24.5. The van der Waals surface area contributed by atoms with E-state index >= 15 is 0 Å². The molecule has 40 heavy (non-hydrogen) atoms. The fourth-order valence-electron chi connectivity index (χ4n) is 5.81. The Bertz CT molecular complexity index is 1290. The van der Waals surface area contributed by atoms with Gasteiger partial charge in [0, 0.05) is 18.0 Å². The van der Waals surface area contributed by atoms with Crippen molar-refractivity contribution in [2.45, 2.75) is 84.7 Å². The summed E-state index contributed by atoms with van der Waals surface area (Å²) in [7, 11) is 0. The Kier molecular flexibility index (Phi) is 9.34. The summed E-state index contributed by atoms with van der Waals surface area (Å²) in [5, 5.41) is 11.5. The SMILES string of the molecule is Cc1cc(OC(c2ccc(C(=O)NCCC(=O)O)cc2)C2CCCCC2)cc(C)c1-c1ccc(C(C)(C)C)cc1. The summed E-state index contributed by atoms with van der Waals surface area (Å²) in [4.78, 5) is 23.2. The summed E-state index contributed by atoms with van der Waals surface area (Å²) < 4.78 is 6.78. The second kappa shape index (κ2) is 12.7. The van der Waals surface area contributed by atoms with Crippen LogP contribution in [0, 0.1) is 19.8 Å². The molecule has 0 radical (unpaired) electrons. The van der Waals surface area contributed by atoms with Gasteiger partial charge >= 0.3 is 5.97 Å². The molecule has 1 aliphatic rings. The van der Waals surface area contributed by atoms with Crippen LogP contribution in [0.2, 0.25) is 0 Å². The number of carbonyl (C=O) groups is 2. The first-order chi connectivity index (χ1) is 19.0. The molecule has 3 aromatic rings. The number of hydrogen-bond donors (Lipinski definition) is 2. The van der Waals surface area contributed by atoms with Crippen LogP contribution in [0.3, 0.4) is 0 Å². The van der Waals surface area contributed by atoms with Crippen LogP contribution in [-0.2, 0) is 10.2 Å². The number of aliphatic carboxylic acids is 1. The maximum Gasteiger partial charge on any atom is 0.305 e. The van der Waals surface area contributed by atoms with E-state index in [9.17, 15) is 9.59 Å². The monoisotopic (exact) mass is 541 g/mol. The van der Waals surface area contributed by atoms with Crippen LogP contribution in [0.15, 0.2) is 60.7 Å². The minimum absolute atomic E-state index is 0.0960. The number of carboxylic acids is 1. The number of ether oxygens (including phenoxy) is 1. The molecular weight excluding hydrogens is 498 g/mol. The van der Waals surface area contributed by atoms with Gasteiger partial charge in [-0.3, -0.25) is 9.59 Å². The average molecular weight is 542 g/mol. The predicted octanol–water partition coefficient (Wildman–Crippen LogP) is 8.17. The van der Waals surface area contributed by atoms with Crippen molar-refractivity contribution in [1.82, 2.24) is 5.32 Å². The summed E-state index contributed by atoms with van der Waals surface area (Å²) in [6.45, 7) is 11.1. The van der Waals surface area contributed by atoms with E-state index in [-0.39, 0.29) is 30.4 Å². The molecule has 0 saturated heterocycles. The number of carboxylic acid groups (broad SMARTS) is 1. The molecule has 1 unspecified atom stereocenters. The first kappa shape index (κ1) is 29.4. The van der Waals surface area contributed by atoms with Gasteiger partial charge < -0.3 is 15.2 Å². The fraction of sp³-hybridized carbons (Fsp3) is 0.429. The Morgan fingerprint density at radius 1 is 0.925 bits per heavy atom. The summed E-state index contributed by atoms with van der Waals surface area (Å²) in [5.74, 6) is 0.0886. The molecule has 5 nitrogen and oxygen atoms in total. The number of amides is 1. The van der Waals surface area contributed by atoms with Crippen molar-refractivity contribution in [3.63, 3.8) is 0 Å². The highest BCUT2D eigenvalue weighted by molar-refractivity contribution is 5.94. The molecule has 1 atom stereocenters. The van der Waals surface area contributed by atoms with Crippen LogP contribution in [-0.4, -0.2) is 23.5 Å². The lowest BCUT2D eigenvalue weighted by atomic mass is 9.82. The Morgan fingerprint density at radius 2 is 1.52 bits per heavy atom. The number of nitrogens with one attached hydrogen (secondary N) is 1. The zero-order chi connectivity index (χ0) is 28.9. The van der Waals surface area contributed by atoms with Gasteiger partial charge in [0.25, 0.3) is 5.91 Å². The summed E-state index contributed by atoms with van der Waals surface area (Å²) in [6, 6.07) is 20.8. The van der Waals surface area contributed by atoms with Crippen molar-refractivity contribution in [2.75, 3.05) is 6.54 Å². The molecule has 2 N–H and O–H groups in total. The van der Waals surface area contributed by atoms with Gasteiger partial charge in [-0.1, -0.05) is 76.4 Å². The van der Waals surface area contributed by atoms with E-state index in [1.54, 1.807) is 0 Å². The van der Waals surface area contributed by atoms with Gasteiger partial charge in [0.1, 0.15) is 11.9 Å². The Balaban J connectivity index is 1.56. The number of carbonyl (C=O) groups excluding carboxylic acids is 1. The third kappa shape index (κ3) is 7.32. The van der Waals surface area contributed by atoms with Gasteiger partial charge in [-0.2, -0.15) is 0 Å². The lowest BCUT2D eigenvalue weighted by molar-refractivity contribution is -0.136. The van der Waals surface area contributed by atoms with E-state index in [0.717, 1.165) is 24.2 Å². The maximum atomic E-state index is 12.5. The van der Waals surface area contributed by atoms with E-state index in [0.29, 0.717) is 11.5 Å². The molecule has 212 valence electrons. The van der Waals surface area contributed by atoms with E-state index < -0.39 is 5.97 Å². The molecule has 1 amide bonds. The van der Waals surface area contributed by atoms with E-state index in [2.05, 4.69) is 76.3 Å². The van der Waals surface area contributed by atoms with E-state index in [4.69, 9.17) is 9.84 Å². The third-order valence-corrected chi connectivity index (χ3v) is 8.01.